The smallest absolute Gasteiger partial charge is 0.338 e. The van der Waals surface area contributed by atoms with Crippen LogP contribution in [0.3, 0.4) is 0 Å². The van der Waals surface area contributed by atoms with Crippen LogP contribution in [0.2, 0.25) is 0 Å². The summed E-state index contributed by atoms with van der Waals surface area (Å²) in [4.78, 5) is 23.7. The third-order valence-electron chi connectivity index (χ3n) is 3.43. The number of rotatable bonds is 6. The highest BCUT2D eigenvalue weighted by Crippen LogP contribution is 2.33. The first-order valence-electron chi connectivity index (χ1n) is 7.80. The number of hydrogen-bond acceptors (Lipinski definition) is 5. The van der Waals surface area contributed by atoms with Gasteiger partial charge in [0.2, 0.25) is 0 Å². The van der Waals surface area contributed by atoms with Gasteiger partial charge >= 0.3 is 11.9 Å². The molecule has 0 aliphatic rings. The topological polar surface area (TPSA) is 72.8 Å². The van der Waals surface area contributed by atoms with E-state index in [1.54, 1.807) is 56.3 Å². The van der Waals surface area contributed by atoms with Crippen LogP contribution in [0.4, 0.5) is 0 Å². The maximum absolute atomic E-state index is 11.9. The second-order valence-corrected chi connectivity index (χ2v) is 5.09. The number of carbonyl (C=O) groups excluding carboxylic acids is 2. The van der Waals surface area contributed by atoms with Crippen molar-refractivity contribution in [3.05, 3.63) is 53.6 Å². The molecule has 0 aliphatic heterocycles. The molecule has 0 aromatic heterocycles. The Balaban J connectivity index is 2.43. The fraction of sp³-hybridized carbons (Fsp3) is 0.263. The van der Waals surface area contributed by atoms with Crippen LogP contribution in [0.1, 0.15) is 29.8 Å². The largest absolute Gasteiger partial charge is 0.507 e. The van der Waals surface area contributed by atoms with Crippen LogP contribution in [-0.2, 0) is 20.7 Å². The summed E-state index contributed by atoms with van der Waals surface area (Å²) in [5.41, 5.74) is 2.17. The SMILES string of the molecule is CCOC(=O)Cc1cccc(O)c1-c1cccc(C(=O)OCC)c1. The molecule has 126 valence electrons. The van der Waals surface area contributed by atoms with E-state index in [9.17, 15) is 14.7 Å². The first-order valence-corrected chi connectivity index (χ1v) is 7.80. The molecule has 2 rings (SSSR count). The van der Waals surface area contributed by atoms with Crippen LogP contribution >= 0.6 is 0 Å². The van der Waals surface area contributed by atoms with Gasteiger partial charge in [0, 0.05) is 5.56 Å². The van der Waals surface area contributed by atoms with Crippen LogP contribution < -0.4 is 0 Å². The number of phenols is 1. The summed E-state index contributed by atoms with van der Waals surface area (Å²) in [5, 5.41) is 10.3. The fourth-order valence-electron chi connectivity index (χ4n) is 2.45. The van der Waals surface area contributed by atoms with Gasteiger partial charge in [0.25, 0.3) is 0 Å². The maximum Gasteiger partial charge on any atom is 0.338 e. The normalized spacial score (nSPS) is 10.2. The van der Waals surface area contributed by atoms with E-state index in [1.165, 1.54) is 0 Å². The van der Waals surface area contributed by atoms with Gasteiger partial charge in [0.15, 0.2) is 0 Å². The Hall–Kier alpha value is -2.82. The monoisotopic (exact) mass is 328 g/mol. The molecular weight excluding hydrogens is 308 g/mol. The molecule has 0 bridgehead atoms. The van der Waals surface area contributed by atoms with E-state index in [2.05, 4.69) is 0 Å². The minimum atomic E-state index is -0.429. The van der Waals surface area contributed by atoms with Crippen molar-refractivity contribution in [3.63, 3.8) is 0 Å². The summed E-state index contributed by atoms with van der Waals surface area (Å²) in [7, 11) is 0. The minimum absolute atomic E-state index is 0.0396. The Morgan fingerprint density at radius 1 is 1.00 bits per heavy atom. The van der Waals surface area contributed by atoms with Gasteiger partial charge in [-0.1, -0.05) is 24.3 Å². The average molecular weight is 328 g/mol. The number of benzene rings is 2. The first-order chi connectivity index (χ1) is 11.6. The van der Waals surface area contributed by atoms with E-state index in [1.807, 2.05) is 0 Å². The summed E-state index contributed by atoms with van der Waals surface area (Å²) in [5.74, 6) is -0.759. The number of ether oxygens (including phenoxy) is 2. The quantitative estimate of drug-likeness (QED) is 0.823. The second kappa shape index (κ2) is 8.15. The van der Waals surface area contributed by atoms with Gasteiger partial charge in [-0.05, 0) is 43.2 Å². The van der Waals surface area contributed by atoms with Gasteiger partial charge in [0.1, 0.15) is 5.75 Å². The van der Waals surface area contributed by atoms with Crippen molar-refractivity contribution in [2.24, 2.45) is 0 Å². The fourth-order valence-corrected chi connectivity index (χ4v) is 2.45. The van der Waals surface area contributed by atoms with Gasteiger partial charge in [-0.2, -0.15) is 0 Å². The lowest BCUT2D eigenvalue weighted by atomic mass is 9.95. The molecule has 0 fully saturated rings. The number of esters is 2. The zero-order valence-electron chi connectivity index (χ0n) is 13.7. The van der Waals surface area contributed by atoms with Crippen LogP contribution in [0, 0.1) is 0 Å². The molecule has 5 nitrogen and oxygen atoms in total. The van der Waals surface area contributed by atoms with Crippen molar-refractivity contribution in [1.29, 1.82) is 0 Å². The molecule has 0 radical (unpaired) electrons. The molecule has 0 spiro atoms. The third kappa shape index (κ3) is 4.13. The van der Waals surface area contributed by atoms with Crippen LogP contribution in [0.15, 0.2) is 42.5 Å². The van der Waals surface area contributed by atoms with Gasteiger partial charge in [0.05, 0.1) is 25.2 Å². The van der Waals surface area contributed by atoms with Crippen molar-refractivity contribution < 1.29 is 24.2 Å². The van der Waals surface area contributed by atoms with Crippen molar-refractivity contribution in [2.45, 2.75) is 20.3 Å². The van der Waals surface area contributed by atoms with Gasteiger partial charge < -0.3 is 14.6 Å². The molecule has 0 aliphatic carbocycles. The first kappa shape index (κ1) is 17.5. The zero-order valence-corrected chi connectivity index (χ0v) is 13.7. The van der Waals surface area contributed by atoms with Crippen molar-refractivity contribution in [2.75, 3.05) is 13.2 Å². The average Bonchev–Trinajstić information content (AvgIpc) is 2.55. The molecule has 0 heterocycles. The molecule has 5 heteroatoms. The molecular formula is C19H20O5. The van der Waals surface area contributed by atoms with E-state index in [0.29, 0.717) is 28.9 Å². The molecule has 0 saturated heterocycles. The van der Waals surface area contributed by atoms with Crippen LogP contribution in [-0.4, -0.2) is 30.3 Å². The molecule has 1 N–H and O–H groups in total. The molecule has 2 aromatic carbocycles. The number of aromatic hydroxyl groups is 1. The van der Waals surface area contributed by atoms with E-state index < -0.39 is 5.97 Å². The van der Waals surface area contributed by atoms with Crippen LogP contribution in [0.5, 0.6) is 5.75 Å². The molecule has 0 unspecified atom stereocenters. The standard InChI is InChI=1S/C19H20O5/c1-3-23-17(21)12-14-8-6-10-16(20)18(14)13-7-5-9-15(11-13)19(22)24-4-2/h5-11,20H,3-4,12H2,1-2H3. The van der Waals surface area contributed by atoms with E-state index in [0.717, 1.165) is 0 Å². The lowest BCUT2D eigenvalue weighted by Gasteiger charge is -2.12. The summed E-state index contributed by atoms with van der Waals surface area (Å²) in [6.07, 6.45) is 0.0429. The Morgan fingerprint density at radius 2 is 1.71 bits per heavy atom. The number of carbonyl (C=O) groups is 2. The number of hydrogen-bond donors (Lipinski definition) is 1. The third-order valence-corrected chi connectivity index (χ3v) is 3.43. The van der Waals surface area contributed by atoms with Crippen molar-refractivity contribution >= 4 is 11.9 Å². The molecule has 0 amide bonds. The zero-order chi connectivity index (χ0) is 17.5. The van der Waals surface area contributed by atoms with Gasteiger partial charge in [-0.25, -0.2) is 4.79 Å². The van der Waals surface area contributed by atoms with Crippen molar-refractivity contribution in [3.8, 4) is 16.9 Å². The van der Waals surface area contributed by atoms with E-state index >= 15 is 0 Å². The Kier molecular flexibility index (Phi) is 5.95. The predicted octanol–water partition coefficient (Wildman–Crippen LogP) is 3.34. The second-order valence-electron chi connectivity index (χ2n) is 5.09. The lowest BCUT2D eigenvalue weighted by Crippen LogP contribution is -2.08. The Morgan fingerprint density at radius 3 is 2.42 bits per heavy atom. The highest BCUT2D eigenvalue weighted by molar-refractivity contribution is 5.92. The highest BCUT2D eigenvalue weighted by atomic mass is 16.5. The van der Waals surface area contributed by atoms with Gasteiger partial charge in [-0.15, -0.1) is 0 Å². The molecule has 2 aromatic rings. The number of phenolic OH excluding ortho intramolecular Hbond substituents is 1. The molecule has 0 saturated carbocycles. The summed E-state index contributed by atoms with van der Waals surface area (Å²) < 4.78 is 9.98. The maximum atomic E-state index is 11.9. The van der Waals surface area contributed by atoms with Crippen LogP contribution in [0.25, 0.3) is 11.1 Å². The molecule has 24 heavy (non-hydrogen) atoms. The Bertz CT molecular complexity index is 736. The summed E-state index contributed by atoms with van der Waals surface area (Å²) in [6.45, 7) is 4.06. The summed E-state index contributed by atoms with van der Waals surface area (Å²) >= 11 is 0. The minimum Gasteiger partial charge on any atom is -0.507 e. The Labute approximate surface area is 140 Å². The predicted molar refractivity (Wildman–Crippen MR) is 89.8 cm³/mol. The summed E-state index contributed by atoms with van der Waals surface area (Å²) in [6, 6.07) is 11.7. The molecule has 0 atom stereocenters. The van der Waals surface area contributed by atoms with E-state index in [-0.39, 0.29) is 24.7 Å². The highest BCUT2D eigenvalue weighted by Gasteiger charge is 2.16. The lowest BCUT2D eigenvalue weighted by molar-refractivity contribution is -0.142. The van der Waals surface area contributed by atoms with E-state index in [4.69, 9.17) is 9.47 Å². The van der Waals surface area contributed by atoms with Gasteiger partial charge in [-0.3, -0.25) is 4.79 Å². The van der Waals surface area contributed by atoms with Crippen molar-refractivity contribution in [1.82, 2.24) is 0 Å².